The molecule has 0 aromatic carbocycles. The van der Waals surface area contributed by atoms with Crippen LogP contribution in [0.1, 0.15) is 4.88 Å². The fraction of sp³-hybridized carbons (Fsp3) is 0.111. The lowest BCUT2D eigenvalue weighted by Crippen LogP contribution is -2.07. The third kappa shape index (κ3) is 1.54. The number of carbonyl (C=O) groups is 1. The van der Waals surface area contributed by atoms with Gasteiger partial charge >= 0.3 is 0 Å². The summed E-state index contributed by atoms with van der Waals surface area (Å²) in [5.74, 6) is 0.538. The van der Waals surface area contributed by atoms with Crippen molar-refractivity contribution in [1.82, 2.24) is 10.3 Å². The molecule has 0 fully saturated rings. The lowest BCUT2D eigenvalue weighted by Gasteiger charge is -1.91. The van der Waals surface area contributed by atoms with Crippen molar-refractivity contribution in [3.63, 3.8) is 0 Å². The number of anilines is 1. The summed E-state index contributed by atoms with van der Waals surface area (Å²) in [6.07, 6.45) is 2.37. The maximum atomic E-state index is 10.1. The molecule has 0 aliphatic carbocycles. The van der Waals surface area contributed by atoms with Gasteiger partial charge in [-0.1, -0.05) is 0 Å². The second-order valence-corrected chi connectivity index (χ2v) is 3.99. The van der Waals surface area contributed by atoms with Crippen LogP contribution < -0.4 is 11.1 Å². The zero-order valence-corrected chi connectivity index (χ0v) is 8.17. The first-order valence-electron chi connectivity index (χ1n) is 4.11. The molecule has 2 aromatic rings. The van der Waals surface area contributed by atoms with Crippen molar-refractivity contribution in [3.05, 3.63) is 23.2 Å². The number of hydrogen-bond donors (Lipinski definition) is 2. The molecule has 0 radical (unpaired) electrons. The summed E-state index contributed by atoms with van der Waals surface area (Å²) in [5, 5.41) is 3.57. The Hall–Kier alpha value is -1.62. The topological polar surface area (TPSA) is 68.0 Å². The highest BCUT2D eigenvalue weighted by Gasteiger charge is 2.04. The Morgan fingerprint density at radius 1 is 1.64 bits per heavy atom. The normalized spacial score (nSPS) is 10.3. The molecule has 14 heavy (non-hydrogen) atoms. The molecule has 2 rings (SSSR count). The highest BCUT2D eigenvalue weighted by molar-refractivity contribution is 7.19. The second kappa shape index (κ2) is 3.63. The Balaban J connectivity index is 2.41. The minimum atomic E-state index is 0.538. The molecule has 0 saturated carbocycles. The predicted molar refractivity (Wildman–Crippen MR) is 56.9 cm³/mol. The number of hydrogen-bond acceptors (Lipinski definition) is 4. The van der Waals surface area contributed by atoms with Gasteiger partial charge in [0.2, 0.25) is 6.41 Å². The van der Waals surface area contributed by atoms with Gasteiger partial charge < -0.3 is 11.1 Å². The van der Waals surface area contributed by atoms with Crippen LogP contribution in [-0.4, -0.2) is 11.4 Å². The minimum absolute atomic E-state index is 0.538. The highest BCUT2D eigenvalue weighted by Crippen LogP contribution is 2.28. The van der Waals surface area contributed by atoms with E-state index in [1.165, 1.54) is 0 Å². The van der Waals surface area contributed by atoms with Gasteiger partial charge in [0.25, 0.3) is 0 Å². The van der Waals surface area contributed by atoms with Crippen LogP contribution in [-0.2, 0) is 11.3 Å². The Kier molecular flexibility index (Phi) is 2.32. The molecule has 0 aliphatic rings. The fourth-order valence-corrected chi connectivity index (χ4v) is 2.28. The van der Waals surface area contributed by atoms with E-state index < -0.39 is 0 Å². The lowest BCUT2D eigenvalue weighted by atomic mass is 10.3. The quantitative estimate of drug-likeness (QED) is 0.741. The summed E-state index contributed by atoms with van der Waals surface area (Å²) in [7, 11) is 0. The molecular formula is C9H9N3OS. The van der Waals surface area contributed by atoms with Crippen molar-refractivity contribution in [1.29, 1.82) is 0 Å². The van der Waals surface area contributed by atoms with Crippen LogP contribution in [0.4, 0.5) is 5.82 Å². The average molecular weight is 207 g/mol. The number of nitrogen functional groups attached to an aromatic ring is 1. The van der Waals surface area contributed by atoms with Crippen LogP contribution in [0.25, 0.3) is 10.1 Å². The first kappa shape index (κ1) is 8.96. The van der Waals surface area contributed by atoms with Crippen molar-refractivity contribution in [2.24, 2.45) is 0 Å². The molecule has 2 aromatic heterocycles. The lowest BCUT2D eigenvalue weighted by molar-refractivity contribution is -0.109. The smallest absolute Gasteiger partial charge is 0.207 e. The summed E-state index contributed by atoms with van der Waals surface area (Å²) in [4.78, 5) is 15.2. The van der Waals surface area contributed by atoms with E-state index in [1.54, 1.807) is 17.5 Å². The second-order valence-electron chi connectivity index (χ2n) is 2.82. The van der Waals surface area contributed by atoms with Crippen LogP contribution >= 0.6 is 11.3 Å². The van der Waals surface area contributed by atoms with Crippen molar-refractivity contribution in [2.45, 2.75) is 6.54 Å². The van der Waals surface area contributed by atoms with E-state index in [1.807, 2.05) is 12.1 Å². The predicted octanol–water partition coefficient (Wildman–Crippen LogP) is 1.12. The third-order valence-electron chi connectivity index (χ3n) is 1.89. The number of rotatable bonds is 3. The Morgan fingerprint density at radius 3 is 3.21 bits per heavy atom. The number of carbonyl (C=O) groups excluding carboxylic acids is 1. The summed E-state index contributed by atoms with van der Waals surface area (Å²) in [6, 6.07) is 3.87. The van der Waals surface area contributed by atoms with Gasteiger partial charge in [-0.3, -0.25) is 4.79 Å². The fourth-order valence-electron chi connectivity index (χ4n) is 1.27. The minimum Gasteiger partial charge on any atom is -0.383 e. The number of nitrogens with two attached hydrogens (primary N) is 1. The van der Waals surface area contributed by atoms with Gasteiger partial charge in [0.05, 0.1) is 6.54 Å². The summed E-state index contributed by atoms with van der Waals surface area (Å²) >= 11 is 1.61. The van der Waals surface area contributed by atoms with Crippen LogP contribution in [0.15, 0.2) is 18.3 Å². The van der Waals surface area contributed by atoms with Crippen LogP contribution in [0.3, 0.4) is 0 Å². The van der Waals surface area contributed by atoms with Crippen molar-refractivity contribution >= 4 is 33.7 Å². The number of amides is 1. The number of aromatic nitrogens is 1. The Labute approximate surface area is 84.8 Å². The van der Waals surface area contributed by atoms with E-state index in [9.17, 15) is 4.79 Å². The van der Waals surface area contributed by atoms with Crippen molar-refractivity contribution in [2.75, 3.05) is 5.73 Å². The molecule has 2 heterocycles. The first-order valence-corrected chi connectivity index (χ1v) is 4.93. The molecule has 0 spiro atoms. The van der Waals surface area contributed by atoms with Crippen molar-refractivity contribution in [3.8, 4) is 0 Å². The Morgan fingerprint density at radius 2 is 2.50 bits per heavy atom. The molecule has 72 valence electrons. The SMILES string of the molecule is Nc1nccc2sc(CNC=O)cc12. The molecule has 0 bridgehead atoms. The number of fused-ring (bicyclic) bond motifs is 1. The monoisotopic (exact) mass is 207 g/mol. The number of thiophene rings is 1. The van der Waals surface area contributed by atoms with Crippen molar-refractivity contribution < 1.29 is 4.79 Å². The first-order chi connectivity index (χ1) is 6.81. The van der Waals surface area contributed by atoms with Gasteiger partial charge in [-0.15, -0.1) is 11.3 Å². The van der Waals surface area contributed by atoms with Gasteiger partial charge in [-0.05, 0) is 12.1 Å². The van der Waals surface area contributed by atoms with E-state index in [-0.39, 0.29) is 0 Å². The highest BCUT2D eigenvalue weighted by atomic mass is 32.1. The van der Waals surface area contributed by atoms with Gasteiger partial charge in [-0.2, -0.15) is 0 Å². The van der Waals surface area contributed by atoms with Gasteiger partial charge in [0.1, 0.15) is 5.82 Å². The zero-order chi connectivity index (χ0) is 9.97. The van der Waals surface area contributed by atoms with E-state index in [2.05, 4.69) is 10.3 Å². The molecule has 1 amide bonds. The molecule has 5 heteroatoms. The third-order valence-corrected chi connectivity index (χ3v) is 2.99. The van der Waals surface area contributed by atoms with Gasteiger partial charge in [0, 0.05) is 21.2 Å². The zero-order valence-electron chi connectivity index (χ0n) is 7.36. The molecular weight excluding hydrogens is 198 g/mol. The Bertz CT molecular complexity index is 466. The van der Waals surface area contributed by atoms with E-state index in [0.717, 1.165) is 15.0 Å². The molecule has 4 nitrogen and oxygen atoms in total. The average Bonchev–Trinajstić information content (AvgIpc) is 2.59. The van der Waals surface area contributed by atoms with E-state index in [0.29, 0.717) is 18.8 Å². The van der Waals surface area contributed by atoms with E-state index >= 15 is 0 Å². The summed E-state index contributed by atoms with van der Waals surface area (Å²) in [5.41, 5.74) is 5.70. The van der Waals surface area contributed by atoms with Crippen LogP contribution in [0.5, 0.6) is 0 Å². The maximum Gasteiger partial charge on any atom is 0.207 e. The largest absolute Gasteiger partial charge is 0.383 e. The number of nitrogens with one attached hydrogen (secondary N) is 1. The molecule has 0 atom stereocenters. The molecule has 0 unspecified atom stereocenters. The molecule has 0 aliphatic heterocycles. The molecule has 3 N–H and O–H groups in total. The van der Waals surface area contributed by atoms with Crippen LogP contribution in [0.2, 0.25) is 0 Å². The van der Waals surface area contributed by atoms with Crippen LogP contribution in [0, 0.1) is 0 Å². The number of pyridine rings is 1. The van der Waals surface area contributed by atoms with Gasteiger partial charge in [-0.25, -0.2) is 4.98 Å². The molecule has 0 saturated heterocycles. The number of nitrogens with zero attached hydrogens (tertiary/aromatic N) is 1. The maximum absolute atomic E-state index is 10.1. The summed E-state index contributed by atoms with van der Waals surface area (Å²) in [6.45, 7) is 0.544. The summed E-state index contributed by atoms with van der Waals surface area (Å²) < 4.78 is 1.10. The van der Waals surface area contributed by atoms with E-state index in [4.69, 9.17) is 5.73 Å². The van der Waals surface area contributed by atoms with Gasteiger partial charge in [0.15, 0.2) is 0 Å². The standard InChI is InChI=1S/C9H9N3OS/c10-9-7-3-6(4-11-5-13)14-8(7)1-2-12-9/h1-3,5H,4H2,(H2,10,12)(H,11,13).